The Balaban J connectivity index is 4.13. The fourth-order valence-electron chi connectivity index (χ4n) is 8.67. The van der Waals surface area contributed by atoms with Crippen molar-refractivity contribution in [3.63, 3.8) is 0 Å². The molecule has 0 aromatic rings. The summed E-state index contributed by atoms with van der Waals surface area (Å²) in [6.45, 7) is 6.56. The summed E-state index contributed by atoms with van der Waals surface area (Å²) in [5.41, 5.74) is 0. The zero-order valence-corrected chi connectivity index (χ0v) is 46.5. The third-order valence-electron chi connectivity index (χ3n) is 13.2. The first-order valence-electron chi connectivity index (χ1n) is 30.3. The number of carbonyl (C=O) groups excluding carboxylic acids is 3. The number of hydrogen-bond acceptors (Lipinski definition) is 6. The zero-order chi connectivity index (χ0) is 50.7. The van der Waals surface area contributed by atoms with Gasteiger partial charge in [-0.1, -0.05) is 268 Å². The Kier molecular flexibility index (Phi) is 56.3. The Labute approximate surface area is 434 Å². The summed E-state index contributed by atoms with van der Waals surface area (Å²) in [5.74, 6) is -0.883. The zero-order valence-electron chi connectivity index (χ0n) is 46.5. The molecule has 0 saturated carbocycles. The Morgan fingerprint density at radius 3 is 0.857 bits per heavy atom. The van der Waals surface area contributed by atoms with E-state index in [2.05, 4.69) is 81.5 Å². The minimum Gasteiger partial charge on any atom is -0.462 e. The van der Waals surface area contributed by atoms with E-state index >= 15 is 0 Å². The monoisotopic (exact) mass is 979 g/mol. The van der Waals surface area contributed by atoms with Gasteiger partial charge in [-0.15, -0.1) is 0 Å². The second-order valence-corrected chi connectivity index (χ2v) is 20.3. The molecule has 0 saturated heterocycles. The fourth-order valence-corrected chi connectivity index (χ4v) is 8.67. The molecule has 0 aromatic heterocycles. The molecule has 0 aliphatic carbocycles. The van der Waals surface area contributed by atoms with Crippen LogP contribution in [0.1, 0.15) is 310 Å². The molecule has 0 bridgehead atoms. The summed E-state index contributed by atoms with van der Waals surface area (Å²) in [4.78, 5) is 38.0. The van der Waals surface area contributed by atoms with Gasteiger partial charge in [0.05, 0.1) is 0 Å². The molecule has 0 amide bonds. The number of esters is 3. The lowest BCUT2D eigenvalue weighted by atomic mass is 10.0. The highest BCUT2D eigenvalue weighted by molar-refractivity contribution is 5.71. The molecule has 406 valence electrons. The van der Waals surface area contributed by atoms with Crippen LogP contribution in [0.2, 0.25) is 0 Å². The van der Waals surface area contributed by atoms with Crippen LogP contribution in [0.5, 0.6) is 0 Å². The average molecular weight is 980 g/mol. The molecule has 0 N–H and O–H groups in total. The molecule has 0 rings (SSSR count). The van der Waals surface area contributed by atoms with Crippen LogP contribution in [-0.4, -0.2) is 37.2 Å². The van der Waals surface area contributed by atoms with E-state index in [0.717, 1.165) is 103 Å². The van der Waals surface area contributed by atoms with Gasteiger partial charge >= 0.3 is 17.9 Å². The van der Waals surface area contributed by atoms with Crippen molar-refractivity contribution in [3.8, 4) is 0 Å². The van der Waals surface area contributed by atoms with E-state index in [1.54, 1.807) is 0 Å². The van der Waals surface area contributed by atoms with Crippen molar-refractivity contribution in [1.82, 2.24) is 0 Å². The summed E-state index contributed by atoms with van der Waals surface area (Å²) in [7, 11) is 0. The number of rotatable bonds is 55. The molecule has 0 aromatic carbocycles. The topological polar surface area (TPSA) is 78.9 Å². The minimum absolute atomic E-state index is 0.0770. The highest BCUT2D eigenvalue weighted by atomic mass is 16.6. The van der Waals surface area contributed by atoms with Crippen molar-refractivity contribution in [2.75, 3.05) is 13.2 Å². The summed E-state index contributed by atoms with van der Waals surface area (Å²) < 4.78 is 16.8. The number of carbonyl (C=O) groups is 3. The van der Waals surface area contributed by atoms with Crippen molar-refractivity contribution in [2.45, 2.75) is 316 Å². The van der Waals surface area contributed by atoms with Gasteiger partial charge in [-0.3, -0.25) is 14.4 Å². The van der Waals surface area contributed by atoms with Crippen LogP contribution in [0.25, 0.3) is 0 Å². The van der Waals surface area contributed by atoms with E-state index < -0.39 is 6.10 Å². The first kappa shape index (κ1) is 67.1. The highest BCUT2D eigenvalue weighted by Crippen LogP contribution is 2.16. The molecule has 0 fully saturated rings. The third kappa shape index (κ3) is 56.0. The second kappa shape index (κ2) is 58.7. The van der Waals surface area contributed by atoms with Gasteiger partial charge in [0.2, 0.25) is 0 Å². The van der Waals surface area contributed by atoms with Crippen molar-refractivity contribution >= 4 is 17.9 Å². The van der Waals surface area contributed by atoms with Gasteiger partial charge in [0.25, 0.3) is 0 Å². The lowest BCUT2D eigenvalue weighted by Gasteiger charge is -2.18. The molecule has 0 aliphatic rings. The summed E-state index contributed by atoms with van der Waals surface area (Å²) in [5, 5.41) is 0. The van der Waals surface area contributed by atoms with Gasteiger partial charge < -0.3 is 14.2 Å². The number of ether oxygens (including phenoxy) is 3. The van der Waals surface area contributed by atoms with E-state index in [0.29, 0.717) is 19.3 Å². The predicted octanol–water partition coefficient (Wildman–Crippen LogP) is 20.4. The lowest BCUT2D eigenvalue weighted by molar-refractivity contribution is -0.167. The van der Waals surface area contributed by atoms with Crippen LogP contribution in [-0.2, 0) is 28.6 Å². The van der Waals surface area contributed by atoms with Crippen molar-refractivity contribution in [3.05, 3.63) is 60.8 Å². The summed E-state index contributed by atoms with van der Waals surface area (Å²) >= 11 is 0. The largest absolute Gasteiger partial charge is 0.462 e. The summed E-state index contributed by atoms with van der Waals surface area (Å²) in [6, 6.07) is 0. The molecule has 6 nitrogen and oxygen atoms in total. The fraction of sp³-hybridized carbons (Fsp3) is 0.797. The van der Waals surface area contributed by atoms with Gasteiger partial charge in [0, 0.05) is 19.3 Å². The van der Waals surface area contributed by atoms with Gasteiger partial charge in [-0.25, -0.2) is 0 Å². The minimum atomic E-state index is -0.778. The molecule has 0 aliphatic heterocycles. The molecule has 6 heteroatoms. The Bertz CT molecular complexity index is 1260. The number of hydrogen-bond donors (Lipinski definition) is 0. The molecule has 70 heavy (non-hydrogen) atoms. The van der Waals surface area contributed by atoms with E-state index in [-0.39, 0.29) is 31.1 Å². The van der Waals surface area contributed by atoms with Crippen LogP contribution >= 0.6 is 0 Å². The van der Waals surface area contributed by atoms with Gasteiger partial charge in [-0.05, 0) is 83.5 Å². The second-order valence-electron chi connectivity index (χ2n) is 20.3. The van der Waals surface area contributed by atoms with E-state index in [4.69, 9.17) is 14.2 Å². The van der Waals surface area contributed by atoms with Gasteiger partial charge in [0.1, 0.15) is 13.2 Å². The van der Waals surface area contributed by atoms with Crippen molar-refractivity contribution in [1.29, 1.82) is 0 Å². The van der Waals surface area contributed by atoms with Crippen LogP contribution < -0.4 is 0 Å². The molecular weight excluding hydrogens is 865 g/mol. The van der Waals surface area contributed by atoms with Crippen LogP contribution in [0.4, 0.5) is 0 Å². The van der Waals surface area contributed by atoms with E-state index in [1.165, 1.54) is 167 Å². The van der Waals surface area contributed by atoms with E-state index in [1.807, 2.05) is 0 Å². The first-order chi connectivity index (χ1) is 34.5. The Morgan fingerprint density at radius 1 is 0.286 bits per heavy atom. The van der Waals surface area contributed by atoms with Crippen LogP contribution in [0.3, 0.4) is 0 Å². The molecule has 0 radical (unpaired) electrons. The third-order valence-corrected chi connectivity index (χ3v) is 13.2. The first-order valence-corrected chi connectivity index (χ1v) is 30.3. The normalized spacial score (nSPS) is 12.4. The maximum atomic E-state index is 12.8. The smallest absolute Gasteiger partial charge is 0.306 e. The maximum absolute atomic E-state index is 12.8. The lowest BCUT2D eigenvalue weighted by Crippen LogP contribution is -2.30. The Hall–Kier alpha value is -2.89. The molecular formula is C64H114O6. The van der Waals surface area contributed by atoms with Gasteiger partial charge in [-0.2, -0.15) is 0 Å². The quantitative estimate of drug-likeness (QED) is 0.0261. The van der Waals surface area contributed by atoms with E-state index in [9.17, 15) is 14.4 Å². The van der Waals surface area contributed by atoms with Gasteiger partial charge in [0.15, 0.2) is 6.10 Å². The Morgan fingerprint density at radius 2 is 0.543 bits per heavy atom. The predicted molar refractivity (Wildman–Crippen MR) is 302 cm³/mol. The molecule has 1 unspecified atom stereocenters. The summed E-state index contributed by atoms with van der Waals surface area (Å²) in [6.07, 6.45) is 73.8. The molecule has 1 atom stereocenters. The van der Waals surface area contributed by atoms with Crippen LogP contribution in [0, 0.1) is 0 Å². The molecule has 0 heterocycles. The average Bonchev–Trinajstić information content (AvgIpc) is 3.36. The van der Waals surface area contributed by atoms with Crippen molar-refractivity contribution < 1.29 is 28.6 Å². The number of unbranched alkanes of at least 4 members (excludes halogenated alkanes) is 34. The standard InChI is InChI=1S/C64H114O6/c1-4-7-10-13-16-19-22-24-25-26-27-28-29-30-31-32-33-34-35-36-37-38-39-41-42-45-48-51-54-57-63(66)69-60-61(59-68-62(65)56-53-50-47-44-21-18-15-12-9-6-3)70-64(67)58-55-52-49-46-43-40-23-20-17-14-11-8-5-2/h11,14,20,22-24,26-27,29-30,61H,4-10,12-13,15-19,21,25,28,31-60H2,1-3H3/b14-11-,23-20-,24-22-,27-26-,30-29-. The number of allylic oxidation sites excluding steroid dienone is 10. The van der Waals surface area contributed by atoms with Crippen molar-refractivity contribution in [2.24, 2.45) is 0 Å². The maximum Gasteiger partial charge on any atom is 0.306 e. The highest BCUT2D eigenvalue weighted by Gasteiger charge is 2.19. The SMILES string of the molecule is CCC/C=C\C/C=C\CCCCCCCC(=O)OC(COC(=O)CCCCCCCCCCCC)COC(=O)CCCCCCCCCCCCCCCC/C=C\C/C=C\C/C=C\CCCCCCC. The molecule has 0 spiro atoms. The van der Waals surface area contributed by atoms with Crippen LogP contribution in [0.15, 0.2) is 60.8 Å².